The van der Waals surface area contributed by atoms with Crippen molar-refractivity contribution in [1.29, 1.82) is 0 Å². The van der Waals surface area contributed by atoms with Crippen molar-refractivity contribution in [1.82, 2.24) is 10.4 Å². The Hall–Kier alpha value is -2.60. The zero-order valence-corrected chi connectivity index (χ0v) is 14.8. The number of phenols is 1. The fraction of sp³-hybridized carbons (Fsp3) is 0.111. The van der Waals surface area contributed by atoms with E-state index in [1.54, 1.807) is 19.1 Å². The van der Waals surface area contributed by atoms with E-state index in [4.69, 9.17) is 0 Å². The molecule has 0 aliphatic rings. The summed E-state index contributed by atoms with van der Waals surface area (Å²) in [4.78, 5) is 15.4. The van der Waals surface area contributed by atoms with Gasteiger partial charge in [0.1, 0.15) is 5.75 Å². The molecular weight excluding hydrogens is 370 g/mol. The Morgan fingerprint density at radius 3 is 2.79 bits per heavy atom. The molecule has 0 aliphatic heterocycles. The molecule has 0 atom stereocenters. The Morgan fingerprint density at radius 1 is 1.21 bits per heavy atom. The van der Waals surface area contributed by atoms with Gasteiger partial charge in [-0.1, -0.05) is 33.6 Å². The number of aromatic amines is 1. The van der Waals surface area contributed by atoms with Crippen molar-refractivity contribution >= 4 is 38.5 Å². The number of rotatable bonds is 3. The highest BCUT2D eigenvalue weighted by Gasteiger charge is 2.11. The first-order valence-electron chi connectivity index (χ1n) is 7.37. The van der Waals surface area contributed by atoms with E-state index in [0.717, 1.165) is 26.6 Å². The molecule has 122 valence electrons. The number of hydrazone groups is 1. The summed E-state index contributed by atoms with van der Waals surface area (Å²) in [5, 5.41) is 15.0. The zero-order valence-electron chi connectivity index (χ0n) is 13.2. The number of aryl methyl sites for hydroxylation is 1. The Balaban J connectivity index is 1.82. The normalized spacial score (nSPS) is 11.7. The van der Waals surface area contributed by atoms with Crippen LogP contribution in [0.5, 0.6) is 5.75 Å². The van der Waals surface area contributed by atoms with Crippen molar-refractivity contribution in [2.75, 3.05) is 0 Å². The Bertz CT molecular complexity index is 960. The van der Waals surface area contributed by atoms with E-state index in [1.807, 2.05) is 31.2 Å². The molecule has 0 fully saturated rings. The molecule has 0 spiro atoms. The Morgan fingerprint density at radius 2 is 2.00 bits per heavy atom. The lowest BCUT2D eigenvalue weighted by molar-refractivity contribution is 0.0952. The summed E-state index contributed by atoms with van der Waals surface area (Å²) in [6, 6.07) is 12.8. The molecule has 1 aromatic heterocycles. The van der Waals surface area contributed by atoms with Crippen molar-refractivity contribution in [3.63, 3.8) is 0 Å². The van der Waals surface area contributed by atoms with E-state index in [9.17, 15) is 9.90 Å². The van der Waals surface area contributed by atoms with Crippen LogP contribution in [0.2, 0.25) is 0 Å². The number of fused-ring (bicyclic) bond motifs is 1. The number of phenolic OH excluding ortho intramolecular Hbond substituents is 1. The molecular formula is C18H16BrN3O2. The number of H-pyrrole nitrogens is 1. The summed E-state index contributed by atoms with van der Waals surface area (Å²) in [6.45, 7) is 3.66. The number of carbonyl (C=O) groups is 1. The van der Waals surface area contributed by atoms with Gasteiger partial charge in [0.15, 0.2) is 0 Å². The number of benzene rings is 2. The van der Waals surface area contributed by atoms with Gasteiger partial charge in [-0.2, -0.15) is 5.10 Å². The van der Waals surface area contributed by atoms with Gasteiger partial charge in [0, 0.05) is 15.4 Å². The fourth-order valence-electron chi connectivity index (χ4n) is 2.38. The highest BCUT2D eigenvalue weighted by atomic mass is 79.9. The predicted molar refractivity (Wildman–Crippen MR) is 98.5 cm³/mol. The number of nitrogens with zero attached hydrogens (tertiary/aromatic N) is 1. The predicted octanol–water partition coefficient (Wildman–Crippen LogP) is 4.10. The molecule has 3 N–H and O–H groups in total. The summed E-state index contributed by atoms with van der Waals surface area (Å²) in [7, 11) is 0. The average Bonchev–Trinajstić information content (AvgIpc) is 2.97. The van der Waals surface area contributed by atoms with E-state index in [-0.39, 0.29) is 11.3 Å². The molecule has 5 nitrogen and oxygen atoms in total. The number of carbonyl (C=O) groups excluding carboxylic acids is 1. The first-order valence-corrected chi connectivity index (χ1v) is 8.16. The summed E-state index contributed by atoms with van der Waals surface area (Å²) in [5.41, 5.74) is 6.01. The summed E-state index contributed by atoms with van der Waals surface area (Å²) in [6.07, 6.45) is 0. The molecule has 3 rings (SSSR count). The van der Waals surface area contributed by atoms with Crippen molar-refractivity contribution < 1.29 is 9.90 Å². The third-order valence-electron chi connectivity index (χ3n) is 3.70. The van der Waals surface area contributed by atoms with Gasteiger partial charge < -0.3 is 10.1 Å². The molecule has 0 saturated carbocycles. The second-order valence-corrected chi connectivity index (χ2v) is 6.49. The van der Waals surface area contributed by atoms with E-state index in [1.165, 1.54) is 6.07 Å². The second kappa shape index (κ2) is 6.49. The van der Waals surface area contributed by atoms with Crippen LogP contribution in [0.4, 0.5) is 0 Å². The smallest absolute Gasteiger partial charge is 0.275 e. The maximum atomic E-state index is 12.2. The lowest BCUT2D eigenvalue weighted by atomic mass is 10.1. The maximum absolute atomic E-state index is 12.2. The van der Waals surface area contributed by atoms with Crippen LogP contribution in [-0.2, 0) is 0 Å². The Kier molecular flexibility index (Phi) is 4.40. The van der Waals surface area contributed by atoms with Gasteiger partial charge in [-0.25, -0.2) is 5.43 Å². The summed E-state index contributed by atoms with van der Waals surface area (Å²) >= 11 is 3.44. The number of aromatic nitrogens is 1. The number of hydrogen-bond donors (Lipinski definition) is 3. The average molecular weight is 386 g/mol. The van der Waals surface area contributed by atoms with Gasteiger partial charge in [-0.05, 0) is 44.2 Å². The first kappa shape index (κ1) is 16.3. The minimum atomic E-state index is -0.450. The third kappa shape index (κ3) is 3.33. The highest BCUT2D eigenvalue weighted by Crippen LogP contribution is 2.21. The number of amides is 1. The third-order valence-corrected chi connectivity index (χ3v) is 4.19. The van der Waals surface area contributed by atoms with Crippen LogP contribution in [0, 0.1) is 6.92 Å². The molecule has 0 radical (unpaired) electrons. The van der Waals surface area contributed by atoms with Crippen LogP contribution >= 0.6 is 15.9 Å². The highest BCUT2D eigenvalue weighted by molar-refractivity contribution is 9.10. The summed E-state index contributed by atoms with van der Waals surface area (Å²) in [5.74, 6) is -0.518. The van der Waals surface area contributed by atoms with Gasteiger partial charge in [-0.15, -0.1) is 0 Å². The SMILES string of the molecule is CC(=NNC(=O)c1cc(C)ccc1O)c1cc2ccc(Br)cc2[nH]1. The minimum Gasteiger partial charge on any atom is -0.507 e. The standard InChI is InChI=1S/C18H16BrN3O2/c1-10-3-6-17(23)14(7-10)18(24)22-21-11(2)15-8-12-4-5-13(19)9-16(12)20-15/h3-9,20,23H,1-2H3,(H,22,24). The first-order chi connectivity index (χ1) is 11.4. The topological polar surface area (TPSA) is 77.5 Å². The quantitative estimate of drug-likeness (QED) is 0.468. The lowest BCUT2D eigenvalue weighted by Gasteiger charge is -2.05. The summed E-state index contributed by atoms with van der Waals surface area (Å²) < 4.78 is 0.987. The zero-order chi connectivity index (χ0) is 17.3. The van der Waals surface area contributed by atoms with Gasteiger partial charge >= 0.3 is 0 Å². The lowest BCUT2D eigenvalue weighted by Crippen LogP contribution is -2.19. The second-order valence-electron chi connectivity index (χ2n) is 5.57. The van der Waals surface area contributed by atoms with Crippen molar-refractivity contribution in [2.24, 2.45) is 5.10 Å². The molecule has 24 heavy (non-hydrogen) atoms. The molecule has 3 aromatic rings. The van der Waals surface area contributed by atoms with E-state index in [2.05, 4.69) is 31.4 Å². The molecule has 0 unspecified atom stereocenters. The number of nitrogens with one attached hydrogen (secondary N) is 2. The van der Waals surface area contributed by atoms with Crippen LogP contribution in [0.25, 0.3) is 10.9 Å². The van der Waals surface area contributed by atoms with E-state index < -0.39 is 5.91 Å². The van der Waals surface area contributed by atoms with E-state index >= 15 is 0 Å². The largest absolute Gasteiger partial charge is 0.507 e. The van der Waals surface area contributed by atoms with Crippen molar-refractivity contribution in [3.8, 4) is 5.75 Å². The molecule has 0 saturated heterocycles. The Labute approximate surface area is 147 Å². The van der Waals surface area contributed by atoms with Crippen LogP contribution in [0.3, 0.4) is 0 Å². The molecule has 0 aliphatic carbocycles. The van der Waals surface area contributed by atoms with E-state index in [0.29, 0.717) is 5.71 Å². The van der Waals surface area contributed by atoms with Gasteiger partial charge in [0.25, 0.3) is 5.91 Å². The van der Waals surface area contributed by atoms with Crippen LogP contribution in [-0.4, -0.2) is 21.7 Å². The monoisotopic (exact) mass is 385 g/mol. The van der Waals surface area contributed by atoms with Crippen molar-refractivity contribution in [3.05, 3.63) is 63.8 Å². The van der Waals surface area contributed by atoms with Crippen LogP contribution in [0.15, 0.2) is 52.0 Å². The van der Waals surface area contributed by atoms with Gasteiger partial charge in [0.05, 0.1) is 17.0 Å². The molecule has 1 amide bonds. The van der Waals surface area contributed by atoms with Crippen LogP contribution < -0.4 is 5.43 Å². The molecule has 6 heteroatoms. The van der Waals surface area contributed by atoms with Crippen molar-refractivity contribution in [2.45, 2.75) is 13.8 Å². The minimum absolute atomic E-state index is 0.0681. The molecule has 1 heterocycles. The molecule has 0 bridgehead atoms. The maximum Gasteiger partial charge on any atom is 0.275 e. The van der Waals surface area contributed by atoms with Gasteiger partial charge in [-0.3, -0.25) is 4.79 Å². The molecule has 2 aromatic carbocycles. The van der Waals surface area contributed by atoms with Crippen LogP contribution in [0.1, 0.15) is 28.5 Å². The fourth-order valence-corrected chi connectivity index (χ4v) is 2.74. The number of halogens is 1. The number of aromatic hydroxyl groups is 1. The number of hydrogen-bond acceptors (Lipinski definition) is 3. The van der Waals surface area contributed by atoms with Gasteiger partial charge in [0.2, 0.25) is 0 Å².